The van der Waals surface area contributed by atoms with E-state index in [0.29, 0.717) is 12.6 Å². The Morgan fingerprint density at radius 2 is 1.66 bits per heavy atom. The summed E-state index contributed by atoms with van der Waals surface area (Å²) in [6.07, 6.45) is 13.9. The van der Waals surface area contributed by atoms with E-state index in [0.717, 1.165) is 17.9 Å². The molecule has 3 aromatic rings. The van der Waals surface area contributed by atoms with E-state index >= 15 is 0 Å². The van der Waals surface area contributed by atoms with E-state index in [1.807, 2.05) is 0 Å². The van der Waals surface area contributed by atoms with Gasteiger partial charge in [-0.05, 0) is 60.8 Å². The second kappa shape index (κ2) is 8.68. The summed E-state index contributed by atoms with van der Waals surface area (Å²) in [5.41, 5.74) is 11.1. The number of hydrogen-bond donors (Lipinski definition) is 1. The Hall–Kier alpha value is -2.10. The van der Waals surface area contributed by atoms with E-state index in [1.165, 1.54) is 92.0 Å². The molecule has 6 rings (SSSR count). The predicted molar refractivity (Wildman–Crippen MR) is 134 cm³/mol. The molecule has 168 valence electrons. The number of hydrogen-bond acceptors (Lipinski definition) is 2. The maximum absolute atomic E-state index is 5.92. The first-order chi connectivity index (χ1) is 15.8. The van der Waals surface area contributed by atoms with Crippen LogP contribution in [0, 0.1) is 11.8 Å². The molecule has 2 unspecified atom stereocenters. The van der Waals surface area contributed by atoms with Gasteiger partial charge in [-0.1, -0.05) is 62.1 Å². The van der Waals surface area contributed by atoms with Crippen LogP contribution in [0.15, 0.2) is 54.7 Å². The van der Waals surface area contributed by atoms with Crippen LogP contribution in [0.25, 0.3) is 22.0 Å². The number of nitrogens with two attached hydrogens (primary N) is 1. The van der Waals surface area contributed by atoms with E-state index < -0.39 is 0 Å². The lowest BCUT2D eigenvalue weighted by molar-refractivity contribution is 0.00857. The summed E-state index contributed by atoms with van der Waals surface area (Å²) in [7, 11) is 0. The number of para-hydroxylation sites is 1. The van der Waals surface area contributed by atoms with Crippen molar-refractivity contribution in [1.82, 2.24) is 9.47 Å². The van der Waals surface area contributed by atoms with Crippen LogP contribution in [-0.2, 0) is 6.54 Å². The second-order valence-corrected chi connectivity index (χ2v) is 10.5. The minimum absolute atomic E-state index is 0.591. The van der Waals surface area contributed by atoms with Gasteiger partial charge in [0.25, 0.3) is 0 Å². The molecule has 0 spiro atoms. The molecule has 2 aromatic carbocycles. The van der Waals surface area contributed by atoms with Gasteiger partial charge in [-0.15, -0.1) is 0 Å². The summed E-state index contributed by atoms with van der Waals surface area (Å²) in [6.45, 7) is 3.13. The molecule has 2 aliphatic carbocycles. The van der Waals surface area contributed by atoms with Crippen molar-refractivity contribution in [2.45, 2.75) is 70.0 Å². The zero-order valence-corrected chi connectivity index (χ0v) is 19.3. The fourth-order valence-electron chi connectivity index (χ4n) is 7.00. The zero-order chi connectivity index (χ0) is 21.5. The first kappa shape index (κ1) is 20.5. The summed E-state index contributed by atoms with van der Waals surface area (Å²) in [4.78, 5) is 2.86. The number of aromatic nitrogens is 1. The van der Waals surface area contributed by atoms with Crippen LogP contribution in [-0.4, -0.2) is 28.6 Å². The number of likely N-dealkylation sites (tertiary alicyclic amines) is 1. The standard InChI is InChI=1S/C29H37N3/c30-19-21-6-5-9-23(18-21)27-20-32(29-11-4-3-10-26(27)29)24-14-16-31(17-15-24)28-13-12-25(28)22-7-1-2-8-22/h3-6,9-11,18,20,22,24-25,28H,1-2,7-8,12-17,19,30H2. The second-order valence-electron chi connectivity index (χ2n) is 10.5. The third kappa shape index (κ3) is 3.60. The van der Waals surface area contributed by atoms with Crippen LogP contribution >= 0.6 is 0 Å². The number of piperidine rings is 1. The smallest absolute Gasteiger partial charge is 0.0489 e. The summed E-state index contributed by atoms with van der Waals surface area (Å²) < 4.78 is 2.59. The average molecular weight is 428 g/mol. The molecule has 3 nitrogen and oxygen atoms in total. The van der Waals surface area contributed by atoms with E-state index in [9.17, 15) is 0 Å². The highest BCUT2D eigenvalue weighted by Crippen LogP contribution is 2.46. The van der Waals surface area contributed by atoms with Gasteiger partial charge in [-0.25, -0.2) is 0 Å². The van der Waals surface area contributed by atoms with E-state index in [1.54, 1.807) is 0 Å². The fourth-order valence-corrected chi connectivity index (χ4v) is 7.00. The molecule has 2 saturated carbocycles. The largest absolute Gasteiger partial charge is 0.344 e. The highest BCUT2D eigenvalue weighted by Gasteiger charge is 2.42. The van der Waals surface area contributed by atoms with Crippen molar-refractivity contribution in [2.24, 2.45) is 17.6 Å². The number of benzene rings is 2. The summed E-state index contributed by atoms with van der Waals surface area (Å²) in [5, 5.41) is 1.37. The van der Waals surface area contributed by atoms with E-state index in [-0.39, 0.29) is 0 Å². The predicted octanol–water partition coefficient (Wildman–Crippen LogP) is 6.37. The first-order valence-corrected chi connectivity index (χ1v) is 12.9. The maximum atomic E-state index is 5.92. The Kier molecular flexibility index (Phi) is 5.56. The van der Waals surface area contributed by atoms with Gasteiger partial charge < -0.3 is 10.3 Å². The summed E-state index contributed by atoms with van der Waals surface area (Å²) >= 11 is 0. The molecule has 1 saturated heterocycles. The third-order valence-corrected chi connectivity index (χ3v) is 8.87. The molecule has 0 bridgehead atoms. The van der Waals surface area contributed by atoms with Crippen LogP contribution in [0.5, 0.6) is 0 Å². The molecular weight excluding hydrogens is 390 g/mol. The Balaban J connectivity index is 1.22. The molecule has 32 heavy (non-hydrogen) atoms. The molecule has 2 atom stereocenters. The molecular formula is C29H37N3. The molecule has 0 radical (unpaired) electrons. The lowest BCUT2D eigenvalue weighted by atomic mass is 9.69. The zero-order valence-electron chi connectivity index (χ0n) is 19.3. The SMILES string of the molecule is NCc1cccc(-c2cn(C3CCN(C4CCC4C4CCCC4)CC3)c3ccccc23)c1. The van der Waals surface area contributed by atoms with Crippen LogP contribution in [0.3, 0.4) is 0 Å². The molecule has 3 fully saturated rings. The Labute approximate surface area is 192 Å². The molecule has 1 aliphatic heterocycles. The van der Waals surface area contributed by atoms with Crippen molar-refractivity contribution in [1.29, 1.82) is 0 Å². The van der Waals surface area contributed by atoms with Gasteiger partial charge in [-0.2, -0.15) is 0 Å². The number of nitrogens with zero attached hydrogens (tertiary/aromatic N) is 2. The molecule has 3 aliphatic rings. The number of rotatable bonds is 5. The van der Waals surface area contributed by atoms with Crippen molar-refractivity contribution in [2.75, 3.05) is 13.1 Å². The van der Waals surface area contributed by atoms with E-state index in [4.69, 9.17) is 5.73 Å². The highest BCUT2D eigenvalue weighted by molar-refractivity contribution is 5.96. The normalized spacial score (nSPS) is 25.4. The van der Waals surface area contributed by atoms with Crippen molar-refractivity contribution in [3.63, 3.8) is 0 Å². The Bertz CT molecular complexity index is 1070. The van der Waals surface area contributed by atoms with Crippen LogP contribution < -0.4 is 5.73 Å². The van der Waals surface area contributed by atoms with Crippen molar-refractivity contribution < 1.29 is 0 Å². The van der Waals surface area contributed by atoms with Gasteiger partial charge >= 0.3 is 0 Å². The Morgan fingerprint density at radius 3 is 2.41 bits per heavy atom. The Morgan fingerprint density at radius 1 is 0.844 bits per heavy atom. The minimum Gasteiger partial charge on any atom is -0.344 e. The number of fused-ring (bicyclic) bond motifs is 1. The third-order valence-electron chi connectivity index (χ3n) is 8.87. The van der Waals surface area contributed by atoms with Crippen molar-refractivity contribution in [3.8, 4) is 11.1 Å². The molecule has 2 N–H and O–H groups in total. The van der Waals surface area contributed by atoms with Gasteiger partial charge in [0.1, 0.15) is 0 Å². The van der Waals surface area contributed by atoms with Crippen molar-refractivity contribution >= 4 is 10.9 Å². The van der Waals surface area contributed by atoms with Crippen LogP contribution in [0.4, 0.5) is 0 Å². The van der Waals surface area contributed by atoms with Crippen LogP contribution in [0.2, 0.25) is 0 Å². The fraction of sp³-hybridized carbons (Fsp3) is 0.517. The lowest BCUT2D eigenvalue weighted by Crippen LogP contribution is -2.52. The van der Waals surface area contributed by atoms with Gasteiger partial charge in [-0.3, -0.25) is 4.90 Å². The molecule has 0 amide bonds. The molecule has 2 heterocycles. The summed E-state index contributed by atoms with van der Waals surface area (Å²) in [5.74, 6) is 2.04. The summed E-state index contributed by atoms with van der Waals surface area (Å²) in [6, 6.07) is 19.2. The minimum atomic E-state index is 0.591. The topological polar surface area (TPSA) is 34.2 Å². The maximum Gasteiger partial charge on any atom is 0.0489 e. The van der Waals surface area contributed by atoms with Crippen molar-refractivity contribution in [3.05, 3.63) is 60.3 Å². The lowest BCUT2D eigenvalue weighted by Gasteiger charge is -2.49. The van der Waals surface area contributed by atoms with Gasteiger partial charge in [0.2, 0.25) is 0 Å². The van der Waals surface area contributed by atoms with Gasteiger partial charge in [0, 0.05) is 54.4 Å². The first-order valence-electron chi connectivity index (χ1n) is 12.9. The quantitative estimate of drug-likeness (QED) is 0.513. The van der Waals surface area contributed by atoms with E-state index in [2.05, 4.69) is 64.2 Å². The molecule has 3 heteroatoms. The van der Waals surface area contributed by atoms with Gasteiger partial charge in [0.15, 0.2) is 0 Å². The van der Waals surface area contributed by atoms with Gasteiger partial charge in [0.05, 0.1) is 0 Å². The highest BCUT2D eigenvalue weighted by atomic mass is 15.2. The monoisotopic (exact) mass is 427 g/mol. The average Bonchev–Trinajstić information content (AvgIpc) is 3.47. The van der Waals surface area contributed by atoms with Crippen LogP contribution in [0.1, 0.15) is 63.0 Å². The molecule has 1 aromatic heterocycles.